The highest BCUT2D eigenvalue weighted by atomic mass is 16.3. The first-order valence-corrected chi connectivity index (χ1v) is 8.35. The molecule has 1 aliphatic heterocycles. The van der Waals surface area contributed by atoms with Crippen LogP contribution in [0, 0.1) is 0 Å². The van der Waals surface area contributed by atoms with Crippen LogP contribution in [0.5, 0.6) is 0 Å². The van der Waals surface area contributed by atoms with Crippen molar-refractivity contribution in [3.63, 3.8) is 0 Å². The first-order valence-electron chi connectivity index (χ1n) is 8.35. The SMILES string of the molecule is Cn1c(C(=O)N2CCCC2CCCO)ccc1-c1ccccc1. The quantitative estimate of drug-likeness (QED) is 0.922. The third kappa shape index (κ3) is 3.17. The average molecular weight is 312 g/mol. The molecule has 1 aromatic carbocycles. The molecule has 0 radical (unpaired) electrons. The van der Waals surface area contributed by atoms with Gasteiger partial charge < -0.3 is 14.6 Å². The Hall–Kier alpha value is -2.07. The van der Waals surface area contributed by atoms with Crippen LogP contribution >= 0.6 is 0 Å². The van der Waals surface area contributed by atoms with Crippen molar-refractivity contribution < 1.29 is 9.90 Å². The number of hydrogen-bond donors (Lipinski definition) is 1. The van der Waals surface area contributed by atoms with Gasteiger partial charge in [-0.15, -0.1) is 0 Å². The van der Waals surface area contributed by atoms with E-state index < -0.39 is 0 Å². The molecule has 4 nitrogen and oxygen atoms in total. The lowest BCUT2D eigenvalue weighted by atomic mass is 10.1. The lowest BCUT2D eigenvalue weighted by Gasteiger charge is -2.25. The van der Waals surface area contributed by atoms with Gasteiger partial charge in [0.15, 0.2) is 0 Å². The molecule has 1 fully saturated rings. The van der Waals surface area contributed by atoms with Crippen LogP contribution < -0.4 is 0 Å². The predicted molar refractivity (Wildman–Crippen MR) is 91.2 cm³/mol. The normalized spacial score (nSPS) is 17.7. The van der Waals surface area contributed by atoms with Gasteiger partial charge in [0.25, 0.3) is 5.91 Å². The van der Waals surface area contributed by atoms with Gasteiger partial charge in [0, 0.05) is 31.9 Å². The van der Waals surface area contributed by atoms with Gasteiger partial charge in [-0.05, 0) is 43.4 Å². The van der Waals surface area contributed by atoms with Crippen molar-refractivity contribution in [2.24, 2.45) is 7.05 Å². The monoisotopic (exact) mass is 312 g/mol. The van der Waals surface area contributed by atoms with E-state index in [9.17, 15) is 4.79 Å². The number of carbonyl (C=O) groups is 1. The Kier molecular flexibility index (Phi) is 4.82. The van der Waals surface area contributed by atoms with Crippen molar-refractivity contribution in [3.05, 3.63) is 48.2 Å². The molecule has 2 aromatic rings. The van der Waals surface area contributed by atoms with Gasteiger partial charge in [-0.25, -0.2) is 0 Å². The van der Waals surface area contributed by atoms with Crippen molar-refractivity contribution in [2.45, 2.75) is 31.7 Å². The highest BCUT2D eigenvalue weighted by Crippen LogP contribution is 2.26. The highest BCUT2D eigenvalue weighted by Gasteiger charge is 2.30. The van der Waals surface area contributed by atoms with Gasteiger partial charge >= 0.3 is 0 Å². The van der Waals surface area contributed by atoms with E-state index in [1.165, 1.54) is 0 Å². The molecule has 1 unspecified atom stereocenters. The second-order valence-corrected chi connectivity index (χ2v) is 6.19. The van der Waals surface area contributed by atoms with Gasteiger partial charge in [0.2, 0.25) is 0 Å². The third-order valence-corrected chi connectivity index (χ3v) is 4.74. The van der Waals surface area contributed by atoms with Crippen LogP contribution in [0.2, 0.25) is 0 Å². The van der Waals surface area contributed by atoms with E-state index in [0.717, 1.165) is 49.2 Å². The average Bonchev–Trinajstić information content (AvgIpc) is 3.19. The maximum atomic E-state index is 12.9. The summed E-state index contributed by atoms with van der Waals surface area (Å²) in [4.78, 5) is 14.9. The Balaban J connectivity index is 1.82. The number of amides is 1. The van der Waals surface area contributed by atoms with Gasteiger partial charge in [0.1, 0.15) is 5.69 Å². The van der Waals surface area contributed by atoms with E-state index in [0.29, 0.717) is 0 Å². The Morgan fingerprint density at radius 1 is 1.22 bits per heavy atom. The molecule has 0 spiro atoms. The molecule has 0 saturated carbocycles. The molecule has 0 aliphatic carbocycles. The molecule has 23 heavy (non-hydrogen) atoms. The minimum absolute atomic E-state index is 0.107. The fourth-order valence-corrected chi connectivity index (χ4v) is 3.50. The summed E-state index contributed by atoms with van der Waals surface area (Å²) in [6.07, 6.45) is 3.74. The van der Waals surface area contributed by atoms with Crippen LogP contribution in [-0.4, -0.2) is 39.7 Å². The standard InChI is InChI=1S/C19H24N2O2/c1-20-17(15-7-3-2-4-8-15)11-12-18(20)19(23)21-13-5-9-16(21)10-6-14-22/h2-4,7-8,11-12,16,22H,5-6,9-10,13-14H2,1H3. The molecule has 1 aromatic heterocycles. The zero-order valence-corrected chi connectivity index (χ0v) is 13.6. The number of rotatable bonds is 5. The number of aliphatic hydroxyl groups is 1. The summed E-state index contributed by atoms with van der Waals surface area (Å²) in [5.41, 5.74) is 2.91. The number of benzene rings is 1. The summed E-state index contributed by atoms with van der Waals surface area (Å²) >= 11 is 0. The Morgan fingerprint density at radius 2 is 2.00 bits per heavy atom. The molecule has 1 atom stereocenters. The van der Waals surface area contributed by atoms with Gasteiger partial charge in [0.05, 0.1) is 0 Å². The van der Waals surface area contributed by atoms with Crippen molar-refractivity contribution in [3.8, 4) is 11.3 Å². The fraction of sp³-hybridized carbons (Fsp3) is 0.421. The smallest absolute Gasteiger partial charge is 0.270 e. The Morgan fingerprint density at radius 3 is 2.74 bits per heavy atom. The van der Waals surface area contributed by atoms with Crippen molar-refractivity contribution in [1.82, 2.24) is 9.47 Å². The highest BCUT2D eigenvalue weighted by molar-refractivity contribution is 5.94. The number of hydrogen-bond acceptors (Lipinski definition) is 2. The maximum absolute atomic E-state index is 12.9. The second-order valence-electron chi connectivity index (χ2n) is 6.19. The molecule has 0 bridgehead atoms. The lowest BCUT2D eigenvalue weighted by molar-refractivity contribution is 0.0715. The lowest BCUT2D eigenvalue weighted by Crippen LogP contribution is -2.36. The molecule has 1 amide bonds. The van der Waals surface area contributed by atoms with Crippen LogP contribution in [0.25, 0.3) is 11.3 Å². The first kappa shape index (κ1) is 15.8. The third-order valence-electron chi connectivity index (χ3n) is 4.74. The van der Waals surface area contributed by atoms with Gasteiger partial charge in [-0.2, -0.15) is 0 Å². The molecule has 1 aliphatic rings. The number of aromatic nitrogens is 1. The summed E-state index contributed by atoms with van der Waals surface area (Å²) in [6.45, 7) is 1.02. The van der Waals surface area contributed by atoms with E-state index in [4.69, 9.17) is 5.11 Å². The van der Waals surface area contributed by atoms with Crippen molar-refractivity contribution in [1.29, 1.82) is 0 Å². The summed E-state index contributed by atoms with van der Waals surface area (Å²) in [5, 5.41) is 9.03. The predicted octanol–water partition coefficient (Wildman–Crippen LogP) is 3.07. The van der Waals surface area contributed by atoms with Crippen LogP contribution in [-0.2, 0) is 7.05 Å². The van der Waals surface area contributed by atoms with Gasteiger partial charge in [-0.3, -0.25) is 4.79 Å². The number of carbonyl (C=O) groups excluding carboxylic acids is 1. The van der Waals surface area contributed by atoms with Crippen LogP contribution in [0.15, 0.2) is 42.5 Å². The topological polar surface area (TPSA) is 45.5 Å². The van der Waals surface area contributed by atoms with E-state index in [2.05, 4.69) is 12.1 Å². The number of aliphatic hydroxyl groups excluding tert-OH is 1. The second kappa shape index (κ2) is 7.01. The van der Waals surface area contributed by atoms with E-state index in [1.54, 1.807) is 0 Å². The van der Waals surface area contributed by atoms with Crippen molar-refractivity contribution in [2.75, 3.05) is 13.2 Å². The van der Waals surface area contributed by atoms with Crippen molar-refractivity contribution >= 4 is 5.91 Å². The zero-order valence-electron chi connectivity index (χ0n) is 13.6. The summed E-state index contributed by atoms with van der Waals surface area (Å²) < 4.78 is 1.99. The maximum Gasteiger partial charge on any atom is 0.270 e. The van der Waals surface area contributed by atoms with Gasteiger partial charge in [-0.1, -0.05) is 30.3 Å². The molecule has 4 heteroatoms. The fourth-order valence-electron chi connectivity index (χ4n) is 3.50. The molecular weight excluding hydrogens is 288 g/mol. The molecule has 2 heterocycles. The molecule has 3 rings (SSSR count). The summed E-state index contributed by atoms with van der Waals surface area (Å²) in [6, 6.07) is 14.3. The molecular formula is C19H24N2O2. The minimum Gasteiger partial charge on any atom is -0.396 e. The molecule has 122 valence electrons. The molecule has 1 saturated heterocycles. The van der Waals surface area contributed by atoms with Crippen LogP contribution in [0.1, 0.15) is 36.2 Å². The first-order chi connectivity index (χ1) is 11.2. The minimum atomic E-state index is 0.107. The van der Waals surface area contributed by atoms with E-state index in [-0.39, 0.29) is 18.6 Å². The van der Waals surface area contributed by atoms with E-state index in [1.807, 2.05) is 46.8 Å². The Labute approximate surface area is 137 Å². The summed E-state index contributed by atoms with van der Waals surface area (Å²) in [5.74, 6) is 0.107. The Bertz CT molecular complexity index is 663. The molecule has 1 N–H and O–H groups in total. The van der Waals surface area contributed by atoms with Crippen LogP contribution in [0.4, 0.5) is 0 Å². The largest absolute Gasteiger partial charge is 0.396 e. The zero-order chi connectivity index (χ0) is 16.2. The van der Waals surface area contributed by atoms with E-state index >= 15 is 0 Å². The number of nitrogens with zero attached hydrogens (tertiary/aromatic N) is 2. The van der Waals surface area contributed by atoms with Crippen LogP contribution in [0.3, 0.4) is 0 Å². The number of likely N-dealkylation sites (tertiary alicyclic amines) is 1. The summed E-state index contributed by atoms with van der Waals surface area (Å²) in [7, 11) is 1.95.